The van der Waals surface area contributed by atoms with E-state index < -0.39 is 0 Å². The number of ether oxygens (including phenoxy) is 1. The quantitative estimate of drug-likeness (QED) is 0.308. The van der Waals surface area contributed by atoms with Gasteiger partial charge in [0.1, 0.15) is 11.6 Å². The summed E-state index contributed by atoms with van der Waals surface area (Å²) in [7, 11) is 3.70. The van der Waals surface area contributed by atoms with Crippen molar-refractivity contribution in [2.24, 2.45) is 0 Å². The van der Waals surface area contributed by atoms with Crippen LogP contribution in [0.1, 0.15) is 23.9 Å². The van der Waals surface area contributed by atoms with E-state index in [4.69, 9.17) is 25.4 Å². The minimum Gasteiger partial charge on any atom is -0.384 e. The molecule has 4 aromatic rings. The Kier molecular flexibility index (Phi) is 8.32. The predicted octanol–water partition coefficient (Wildman–Crippen LogP) is 2.72. The number of nitrogens with one attached hydrogen (secondary N) is 1. The van der Waals surface area contributed by atoms with E-state index >= 15 is 0 Å². The van der Waals surface area contributed by atoms with Crippen molar-refractivity contribution in [1.29, 1.82) is 0 Å². The zero-order valence-electron chi connectivity index (χ0n) is 23.2. The summed E-state index contributed by atoms with van der Waals surface area (Å²) in [6, 6.07) is 11.9. The Balaban J connectivity index is 1.43. The van der Waals surface area contributed by atoms with E-state index in [1.165, 1.54) is 11.6 Å². The molecule has 1 aliphatic rings. The SMILES string of the molecule is CCn1c(CN(C)Cc2ccc(/C=C/C(=O)NC)cc2)nc2c(N3CCOCC3)nc(-c3ccc(N)nc3)nc21. The van der Waals surface area contributed by atoms with Gasteiger partial charge in [-0.1, -0.05) is 24.3 Å². The zero-order valence-corrected chi connectivity index (χ0v) is 23.2. The predicted molar refractivity (Wildman–Crippen MR) is 156 cm³/mol. The molecule has 0 radical (unpaired) electrons. The Hall–Kier alpha value is -4.35. The summed E-state index contributed by atoms with van der Waals surface area (Å²) in [5, 5.41) is 2.59. The van der Waals surface area contributed by atoms with Crippen molar-refractivity contribution in [3.8, 4) is 11.4 Å². The maximum atomic E-state index is 11.5. The Morgan fingerprint density at radius 2 is 1.88 bits per heavy atom. The van der Waals surface area contributed by atoms with Crippen LogP contribution in [0.2, 0.25) is 0 Å². The first kappa shape index (κ1) is 27.2. The van der Waals surface area contributed by atoms with Gasteiger partial charge in [-0.3, -0.25) is 9.69 Å². The number of nitrogens with zero attached hydrogens (tertiary/aromatic N) is 7. The van der Waals surface area contributed by atoms with Crippen LogP contribution < -0.4 is 16.0 Å². The molecule has 0 atom stereocenters. The molecule has 0 aliphatic carbocycles. The molecule has 3 aromatic heterocycles. The number of rotatable bonds is 9. The summed E-state index contributed by atoms with van der Waals surface area (Å²) >= 11 is 0. The van der Waals surface area contributed by atoms with Gasteiger partial charge in [0.25, 0.3) is 0 Å². The van der Waals surface area contributed by atoms with Gasteiger partial charge in [-0.05, 0) is 43.3 Å². The molecular formula is C29H35N9O2. The van der Waals surface area contributed by atoms with E-state index in [0.717, 1.165) is 60.1 Å². The molecule has 4 heterocycles. The first-order valence-corrected chi connectivity index (χ1v) is 13.4. The van der Waals surface area contributed by atoms with Crippen molar-refractivity contribution in [2.45, 2.75) is 26.6 Å². The van der Waals surface area contributed by atoms with Crippen molar-refractivity contribution in [3.05, 3.63) is 65.6 Å². The lowest BCUT2D eigenvalue weighted by Crippen LogP contribution is -2.37. The molecule has 40 heavy (non-hydrogen) atoms. The van der Waals surface area contributed by atoms with E-state index in [1.807, 2.05) is 18.2 Å². The molecule has 1 fully saturated rings. The van der Waals surface area contributed by atoms with E-state index in [-0.39, 0.29) is 5.91 Å². The van der Waals surface area contributed by atoms with Crippen LogP contribution in [-0.2, 0) is 29.2 Å². The second-order valence-corrected chi connectivity index (χ2v) is 9.75. The number of benzene rings is 1. The molecule has 11 heteroatoms. The fraction of sp³-hybridized carbons (Fsp3) is 0.345. The highest BCUT2D eigenvalue weighted by Gasteiger charge is 2.23. The first-order chi connectivity index (χ1) is 19.4. The van der Waals surface area contributed by atoms with Gasteiger partial charge in [-0.2, -0.15) is 0 Å². The van der Waals surface area contributed by atoms with Crippen molar-refractivity contribution < 1.29 is 9.53 Å². The van der Waals surface area contributed by atoms with E-state index in [2.05, 4.69) is 50.8 Å². The van der Waals surface area contributed by atoms with Gasteiger partial charge >= 0.3 is 0 Å². The van der Waals surface area contributed by atoms with Crippen molar-refractivity contribution in [2.75, 3.05) is 51.0 Å². The second-order valence-electron chi connectivity index (χ2n) is 9.75. The topological polar surface area (TPSA) is 127 Å². The number of nitrogens with two attached hydrogens (primary N) is 1. The van der Waals surface area contributed by atoms with Crippen LogP contribution in [0.4, 0.5) is 11.6 Å². The van der Waals surface area contributed by atoms with Crippen LogP contribution in [0.25, 0.3) is 28.6 Å². The number of aromatic nitrogens is 5. The number of imidazole rings is 1. The molecule has 11 nitrogen and oxygen atoms in total. The highest BCUT2D eigenvalue weighted by molar-refractivity contribution is 5.91. The lowest BCUT2D eigenvalue weighted by Gasteiger charge is -2.28. The van der Waals surface area contributed by atoms with Crippen LogP contribution in [0.5, 0.6) is 0 Å². The number of morpholine rings is 1. The number of hydrogen-bond acceptors (Lipinski definition) is 9. The Morgan fingerprint density at radius 1 is 1.10 bits per heavy atom. The van der Waals surface area contributed by atoms with Gasteiger partial charge in [-0.15, -0.1) is 0 Å². The van der Waals surface area contributed by atoms with Gasteiger partial charge in [0.15, 0.2) is 22.8 Å². The van der Waals surface area contributed by atoms with Gasteiger partial charge in [0.05, 0.1) is 19.8 Å². The molecule has 0 unspecified atom stereocenters. The Morgan fingerprint density at radius 3 is 2.55 bits per heavy atom. The lowest BCUT2D eigenvalue weighted by atomic mass is 10.1. The maximum Gasteiger partial charge on any atom is 0.243 e. The number of hydrogen-bond donors (Lipinski definition) is 2. The summed E-state index contributed by atoms with van der Waals surface area (Å²) < 4.78 is 7.76. The Labute approximate surface area is 233 Å². The number of amides is 1. The van der Waals surface area contributed by atoms with Crippen LogP contribution in [-0.4, -0.2) is 75.7 Å². The van der Waals surface area contributed by atoms with E-state index in [1.54, 1.807) is 25.4 Å². The normalized spacial score (nSPS) is 13.9. The number of carbonyl (C=O) groups excluding carboxylic acids is 1. The summed E-state index contributed by atoms with van der Waals surface area (Å²) in [5.41, 5.74) is 10.4. The molecule has 0 bridgehead atoms. The second kappa shape index (κ2) is 12.2. The average Bonchev–Trinajstić information content (AvgIpc) is 3.33. The molecule has 5 rings (SSSR count). The summed E-state index contributed by atoms with van der Waals surface area (Å²) in [5.74, 6) is 2.68. The average molecular weight is 542 g/mol. The minimum atomic E-state index is -0.124. The minimum absolute atomic E-state index is 0.124. The fourth-order valence-electron chi connectivity index (χ4n) is 4.75. The van der Waals surface area contributed by atoms with Crippen molar-refractivity contribution in [1.82, 2.24) is 34.7 Å². The largest absolute Gasteiger partial charge is 0.384 e. The number of carbonyl (C=O) groups is 1. The third-order valence-electron chi connectivity index (χ3n) is 6.84. The molecular weight excluding hydrogens is 506 g/mol. The molecule has 3 N–H and O–H groups in total. The van der Waals surface area contributed by atoms with E-state index in [9.17, 15) is 4.79 Å². The van der Waals surface area contributed by atoms with E-state index in [0.29, 0.717) is 31.4 Å². The van der Waals surface area contributed by atoms with Crippen molar-refractivity contribution in [3.63, 3.8) is 0 Å². The van der Waals surface area contributed by atoms with Crippen LogP contribution >= 0.6 is 0 Å². The molecule has 208 valence electrons. The number of fused-ring (bicyclic) bond motifs is 1. The third kappa shape index (κ3) is 6.11. The molecule has 1 aromatic carbocycles. The summed E-state index contributed by atoms with van der Waals surface area (Å²) in [4.78, 5) is 35.2. The standard InChI is InChI=1S/C29H35N9O2/c1-4-38-24(19-36(3)18-21-7-5-20(6-8-21)9-12-25(39)31-2)33-26-28(37-13-15-40-16-14-37)34-27(35-29(26)38)22-10-11-23(30)32-17-22/h5-12,17H,4,13-16,18-19H2,1-3H3,(H2,30,32)(H,31,39)/b12-9+. The van der Waals surface area contributed by atoms with Crippen molar-refractivity contribution >= 4 is 34.8 Å². The maximum absolute atomic E-state index is 11.5. The first-order valence-electron chi connectivity index (χ1n) is 13.4. The monoisotopic (exact) mass is 541 g/mol. The molecule has 0 spiro atoms. The van der Waals surface area contributed by atoms with Gasteiger partial charge in [0, 0.05) is 51.1 Å². The number of nitrogen functional groups attached to an aromatic ring is 1. The number of aryl methyl sites for hydroxylation is 1. The zero-order chi connectivity index (χ0) is 28.1. The smallest absolute Gasteiger partial charge is 0.243 e. The number of anilines is 2. The molecule has 0 saturated carbocycles. The number of likely N-dealkylation sites (N-methyl/N-ethyl adjacent to an activating group) is 1. The lowest BCUT2D eigenvalue weighted by molar-refractivity contribution is -0.115. The van der Waals surface area contributed by atoms with Crippen LogP contribution in [0.15, 0.2) is 48.7 Å². The van der Waals surface area contributed by atoms with Gasteiger partial charge in [0.2, 0.25) is 5.91 Å². The highest BCUT2D eigenvalue weighted by atomic mass is 16.5. The molecule has 1 amide bonds. The highest BCUT2D eigenvalue weighted by Crippen LogP contribution is 2.29. The summed E-state index contributed by atoms with van der Waals surface area (Å²) in [6.07, 6.45) is 5.04. The fourth-order valence-corrected chi connectivity index (χ4v) is 4.75. The molecule has 1 aliphatic heterocycles. The third-order valence-corrected chi connectivity index (χ3v) is 6.84. The Bertz CT molecular complexity index is 1490. The summed E-state index contributed by atoms with van der Waals surface area (Å²) in [6.45, 7) is 7.01. The van der Waals surface area contributed by atoms with Crippen LogP contribution in [0.3, 0.4) is 0 Å². The van der Waals surface area contributed by atoms with Gasteiger partial charge < -0.3 is 25.3 Å². The number of pyridine rings is 1. The molecule has 1 saturated heterocycles. The van der Waals surface area contributed by atoms with Gasteiger partial charge in [-0.25, -0.2) is 19.9 Å². The van der Waals surface area contributed by atoms with Crippen LogP contribution in [0, 0.1) is 0 Å².